The maximum Gasteiger partial charge on any atom is 0.435 e. The lowest BCUT2D eigenvalue weighted by Gasteiger charge is -2.46. The zero-order chi connectivity index (χ0) is 50.2. The second-order valence-electron chi connectivity index (χ2n) is 11.4. The van der Waals surface area contributed by atoms with Crippen LogP contribution in [0.15, 0.2) is 0 Å². The Bertz CT molecular complexity index is 1080. The van der Waals surface area contributed by atoms with Gasteiger partial charge in [0.1, 0.15) is 0 Å². The van der Waals surface area contributed by atoms with E-state index >= 15 is 0 Å². The third-order valence-electron chi connectivity index (χ3n) is 7.17. The van der Waals surface area contributed by atoms with Gasteiger partial charge < -0.3 is 18.9 Å². The lowest BCUT2D eigenvalue weighted by Crippen LogP contribution is -2.72. The van der Waals surface area contributed by atoms with Gasteiger partial charge in [-0.3, -0.25) is 0 Å². The van der Waals surface area contributed by atoms with E-state index in [9.17, 15) is 158 Å². The topological polar surface area (TPSA) is 36.9 Å². The molecule has 61 heavy (non-hydrogen) atoms. The number of ether oxygens (including phenoxy) is 4. The minimum Gasteiger partial charge on any atom is -0.350 e. The highest BCUT2D eigenvalue weighted by molar-refractivity contribution is 5.08. The molecule has 0 aromatic heterocycles. The molecular formula is C21H8F36O4. The van der Waals surface area contributed by atoms with E-state index in [4.69, 9.17) is 0 Å². The van der Waals surface area contributed by atoms with Crippen molar-refractivity contribution in [1.29, 1.82) is 0 Å². The van der Waals surface area contributed by atoms with Crippen molar-refractivity contribution in [2.75, 3.05) is 26.4 Å². The van der Waals surface area contributed by atoms with Crippen molar-refractivity contribution in [3.05, 3.63) is 0 Å². The zero-order valence-corrected chi connectivity index (χ0v) is 26.6. The lowest BCUT2D eigenvalue weighted by atomic mass is 9.88. The quantitative estimate of drug-likeness (QED) is 0.183. The molecule has 0 spiro atoms. The van der Waals surface area contributed by atoms with Crippen molar-refractivity contribution < 1.29 is 177 Å². The molecule has 4 nitrogen and oxygen atoms in total. The SMILES string of the molecule is FC(F)(F)C(OCC(COC(C(F)(F)F)(C(F)(F)F)C(F)(F)F)(COC(C(F)(F)F)(C(F)(F)F)C(F)(F)F)COC(C(F)(F)F)(C(F)(F)F)C(F)(F)F)(C(F)(F)F)C(F)(F)F. The molecule has 0 rings (SSSR count). The van der Waals surface area contributed by atoms with Crippen LogP contribution in [0.5, 0.6) is 0 Å². The fraction of sp³-hybridized carbons (Fsp3) is 1.00. The molecule has 0 atom stereocenters. The molecule has 0 radical (unpaired) electrons. The zero-order valence-electron chi connectivity index (χ0n) is 26.6. The third-order valence-corrected chi connectivity index (χ3v) is 7.17. The highest BCUT2D eigenvalue weighted by atomic mass is 19.5. The van der Waals surface area contributed by atoms with Crippen molar-refractivity contribution in [3.8, 4) is 0 Å². The molecule has 0 amide bonds. The number of rotatable bonds is 12. The number of halogens is 36. The minimum absolute atomic E-state index is 2.11. The maximum absolute atomic E-state index is 13.5. The summed E-state index contributed by atoms with van der Waals surface area (Å²) in [6.07, 6.45) is -103. The van der Waals surface area contributed by atoms with Crippen LogP contribution in [-0.2, 0) is 18.9 Å². The first-order chi connectivity index (χ1) is 25.8. The minimum atomic E-state index is -8.59. The Hall–Kier alpha value is -2.68. The summed E-state index contributed by atoms with van der Waals surface area (Å²) in [7, 11) is 0. The van der Waals surface area contributed by atoms with Gasteiger partial charge in [0.25, 0.3) is 0 Å². The van der Waals surface area contributed by atoms with Crippen LogP contribution in [0, 0.1) is 5.41 Å². The monoisotopic (exact) mass is 1010 g/mol. The van der Waals surface area contributed by atoms with Crippen LogP contribution < -0.4 is 0 Å². The Morgan fingerprint density at radius 3 is 0.311 bits per heavy atom. The summed E-state index contributed by atoms with van der Waals surface area (Å²) in [5, 5.41) is 0. The fourth-order valence-corrected chi connectivity index (χ4v) is 4.21. The molecule has 0 aliphatic carbocycles. The summed E-state index contributed by atoms with van der Waals surface area (Å²) < 4.78 is 494. The van der Waals surface area contributed by atoms with Gasteiger partial charge in [0.05, 0.1) is 31.8 Å². The van der Waals surface area contributed by atoms with Crippen LogP contribution in [-0.4, -0.2) is 123 Å². The molecule has 0 unspecified atom stereocenters. The molecule has 0 aliphatic heterocycles. The Morgan fingerprint density at radius 2 is 0.246 bits per heavy atom. The summed E-state index contributed by atoms with van der Waals surface area (Å²) in [6.45, 7) is -20.3. The van der Waals surface area contributed by atoms with Gasteiger partial charge in [0, 0.05) is 0 Å². The number of alkyl halides is 36. The van der Waals surface area contributed by atoms with E-state index in [1.54, 1.807) is 0 Å². The molecular weight excluding hydrogens is 1000 g/mol. The van der Waals surface area contributed by atoms with E-state index in [1.807, 2.05) is 0 Å². The molecule has 368 valence electrons. The Morgan fingerprint density at radius 1 is 0.164 bits per heavy atom. The second-order valence-corrected chi connectivity index (χ2v) is 11.4. The Kier molecular flexibility index (Phi) is 15.1. The maximum atomic E-state index is 13.5. The first kappa shape index (κ1) is 58.3. The highest BCUT2D eigenvalue weighted by Crippen LogP contribution is 2.61. The summed E-state index contributed by atoms with van der Waals surface area (Å²) in [5.74, 6) is 0. The molecule has 0 heterocycles. The average Bonchev–Trinajstić information content (AvgIpc) is 2.84. The summed E-state index contributed by atoms with van der Waals surface area (Å²) in [6, 6.07) is 0. The van der Waals surface area contributed by atoms with E-state index in [0.29, 0.717) is 0 Å². The Balaban J connectivity index is 9.33. The van der Waals surface area contributed by atoms with Gasteiger partial charge >= 0.3 is 96.5 Å². The highest BCUT2D eigenvalue weighted by Gasteiger charge is 2.90. The van der Waals surface area contributed by atoms with Crippen molar-refractivity contribution in [2.45, 2.75) is 96.5 Å². The van der Waals surface area contributed by atoms with Crippen molar-refractivity contribution in [2.24, 2.45) is 5.41 Å². The van der Waals surface area contributed by atoms with E-state index < -0.39 is 128 Å². The molecule has 0 saturated heterocycles. The van der Waals surface area contributed by atoms with Crippen LogP contribution in [0.3, 0.4) is 0 Å². The number of hydrogen-bond acceptors (Lipinski definition) is 4. The van der Waals surface area contributed by atoms with Crippen LogP contribution in [0.4, 0.5) is 158 Å². The molecule has 0 saturated carbocycles. The Labute approximate surface area is 306 Å². The van der Waals surface area contributed by atoms with Crippen LogP contribution in [0.1, 0.15) is 0 Å². The van der Waals surface area contributed by atoms with Crippen LogP contribution in [0.2, 0.25) is 0 Å². The summed E-state index contributed by atoms with van der Waals surface area (Å²) in [4.78, 5) is 0. The molecule has 0 bridgehead atoms. The lowest BCUT2D eigenvalue weighted by molar-refractivity contribution is -0.480. The molecule has 0 N–H and O–H groups in total. The van der Waals surface area contributed by atoms with Gasteiger partial charge in [0.15, 0.2) is 0 Å². The van der Waals surface area contributed by atoms with Gasteiger partial charge in [-0.2, -0.15) is 158 Å². The van der Waals surface area contributed by atoms with Crippen molar-refractivity contribution in [1.82, 2.24) is 0 Å². The predicted molar refractivity (Wildman–Crippen MR) is 110 cm³/mol. The van der Waals surface area contributed by atoms with Gasteiger partial charge in [-0.05, 0) is 0 Å². The second kappa shape index (κ2) is 15.8. The normalized spacial score (nSPS) is 16.7. The summed E-state index contributed by atoms with van der Waals surface area (Å²) in [5.41, 5.74) is -41.0. The fourth-order valence-electron chi connectivity index (χ4n) is 4.21. The van der Waals surface area contributed by atoms with E-state index in [0.717, 1.165) is 0 Å². The first-order valence-electron chi connectivity index (χ1n) is 13.2. The molecule has 0 fully saturated rings. The van der Waals surface area contributed by atoms with Gasteiger partial charge in [0.2, 0.25) is 0 Å². The number of hydrogen-bond donors (Lipinski definition) is 0. The summed E-state index contributed by atoms with van der Waals surface area (Å²) >= 11 is 0. The standard InChI is InChI=1S/C21H8F36O4/c22-10(23,24)6(11(25,26)27,12(28,29)30)58-1-5(2-59-7(13(31,32)33,14(34,35)36)15(37,38)39,3-60-8(16(40,41)42,17(43,44)45)18(46,47)48)4-61-9(19(49,50)51,20(52,53)54)21(55,56)57/h1-4H2. The molecule has 0 aliphatic rings. The average molecular weight is 1010 g/mol. The predicted octanol–water partition coefficient (Wildman–Crippen LogP) is 11.7. The van der Waals surface area contributed by atoms with Crippen LogP contribution in [0.25, 0.3) is 0 Å². The van der Waals surface area contributed by atoms with E-state index in [1.165, 1.54) is 0 Å². The van der Waals surface area contributed by atoms with Crippen LogP contribution >= 0.6 is 0 Å². The molecule has 40 heteroatoms. The van der Waals surface area contributed by atoms with Gasteiger partial charge in [-0.25, -0.2) is 0 Å². The van der Waals surface area contributed by atoms with Crippen molar-refractivity contribution in [3.63, 3.8) is 0 Å². The molecule has 0 aromatic rings. The van der Waals surface area contributed by atoms with E-state index in [-0.39, 0.29) is 0 Å². The third kappa shape index (κ3) is 9.87. The van der Waals surface area contributed by atoms with E-state index in [2.05, 4.69) is 18.9 Å². The molecule has 0 aromatic carbocycles. The largest absolute Gasteiger partial charge is 0.435 e. The van der Waals surface area contributed by atoms with Gasteiger partial charge in [-0.1, -0.05) is 0 Å². The van der Waals surface area contributed by atoms with Crippen molar-refractivity contribution >= 4 is 0 Å². The smallest absolute Gasteiger partial charge is 0.350 e. The van der Waals surface area contributed by atoms with Gasteiger partial charge in [-0.15, -0.1) is 0 Å². The first-order valence-corrected chi connectivity index (χ1v) is 13.2.